The van der Waals surface area contributed by atoms with Crippen molar-refractivity contribution in [1.82, 2.24) is 4.90 Å². The number of anilines is 1. The van der Waals surface area contributed by atoms with Gasteiger partial charge in [0.05, 0.1) is 5.92 Å². The SMILES string of the molecule is CC1CN(C)CC(C(=O)O)CN1c1cccc(F)c1. The van der Waals surface area contributed by atoms with Gasteiger partial charge in [-0.2, -0.15) is 0 Å². The fraction of sp³-hybridized carbons (Fsp3) is 0.500. The van der Waals surface area contributed by atoms with E-state index < -0.39 is 11.9 Å². The summed E-state index contributed by atoms with van der Waals surface area (Å²) in [4.78, 5) is 15.3. The molecule has 1 aromatic rings. The van der Waals surface area contributed by atoms with Crippen LogP contribution in [0.3, 0.4) is 0 Å². The minimum absolute atomic E-state index is 0.149. The zero-order valence-electron chi connectivity index (χ0n) is 11.2. The number of likely N-dealkylation sites (N-methyl/N-ethyl adjacent to an activating group) is 1. The number of rotatable bonds is 2. The molecule has 0 radical (unpaired) electrons. The number of carbonyl (C=O) groups is 1. The van der Waals surface area contributed by atoms with Gasteiger partial charge in [0.25, 0.3) is 0 Å². The molecule has 104 valence electrons. The van der Waals surface area contributed by atoms with Crippen molar-refractivity contribution in [3.05, 3.63) is 30.1 Å². The van der Waals surface area contributed by atoms with Crippen molar-refractivity contribution < 1.29 is 14.3 Å². The second kappa shape index (κ2) is 5.57. The first-order valence-electron chi connectivity index (χ1n) is 6.41. The first kappa shape index (κ1) is 13.8. The molecule has 4 nitrogen and oxygen atoms in total. The van der Waals surface area contributed by atoms with Gasteiger partial charge in [-0.15, -0.1) is 0 Å². The lowest BCUT2D eigenvalue weighted by Crippen LogP contribution is -2.39. The molecule has 1 aliphatic heterocycles. The van der Waals surface area contributed by atoms with Crippen LogP contribution in [0, 0.1) is 11.7 Å². The number of hydrogen-bond donors (Lipinski definition) is 1. The highest BCUT2D eigenvalue weighted by Gasteiger charge is 2.30. The van der Waals surface area contributed by atoms with Crippen LogP contribution in [0.2, 0.25) is 0 Å². The molecule has 0 aliphatic carbocycles. The zero-order valence-corrected chi connectivity index (χ0v) is 11.2. The van der Waals surface area contributed by atoms with Crippen LogP contribution in [0.15, 0.2) is 24.3 Å². The Labute approximate surface area is 112 Å². The number of carboxylic acid groups (broad SMARTS) is 1. The predicted octanol–water partition coefficient (Wildman–Crippen LogP) is 1.67. The summed E-state index contributed by atoms with van der Waals surface area (Å²) < 4.78 is 13.3. The van der Waals surface area contributed by atoms with Crippen LogP contribution in [0.25, 0.3) is 0 Å². The maximum Gasteiger partial charge on any atom is 0.309 e. The first-order valence-corrected chi connectivity index (χ1v) is 6.41. The lowest BCUT2D eigenvalue weighted by molar-refractivity contribution is -0.141. The largest absolute Gasteiger partial charge is 0.481 e. The molecule has 1 N–H and O–H groups in total. The van der Waals surface area contributed by atoms with Crippen LogP contribution < -0.4 is 4.90 Å². The fourth-order valence-corrected chi connectivity index (χ4v) is 2.65. The van der Waals surface area contributed by atoms with Crippen molar-refractivity contribution in [3.8, 4) is 0 Å². The quantitative estimate of drug-likeness (QED) is 0.884. The lowest BCUT2D eigenvalue weighted by atomic mass is 10.1. The van der Waals surface area contributed by atoms with Crippen LogP contribution >= 0.6 is 0 Å². The molecule has 2 rings (SSSR count). The van der Waals surface area contributed by atoms with E-state index >= 15 is 0 Å². The second-order valence-corrected chi connectivity index (χ2v) is 5.24. The Morgan fingerprint density at radius 2 is 2.11 bits per heavy atom. The molecule has 2 atom stereocenters. The summed E-state index contributed by atoms with van der Waals surface area (Å²) in [5.41, 5.74) is 0.744. The monoisotopic (exact) mass is 266 g/mol. The van der Waals surface area contributed by atoms with Gasteiger partial charge in [0, 0.05) is 31.4 Å². The van der Waals surface area contributed by atoms with Crippen molar-refractivity contribution in [1.29, 1.82) is 0 Å². The highest BCUT2D eigenvalue weighted by Crippen LogP contribution is 2.23. The first-order chi connectivity index (χ1) is 8.97. The molecule has 1 heterocycles. The van der Waals surface area contributed by atoms with Gasteiger partial charge in [0.15, 0.2) is 0 Å². The molecule has 19 heavy (non-hydrogen) atoms. The summed E-state index contributed by atoms with van der Waals surface area (Å²) in [5, 5.41) is 9.26. The number of nitrogens with zero attached hydrogens (tertiary/aromatic N) is 2. The molecule has 0 aromatic heterocycles. The number of benzene rings is 1. The van der Waals surface area contributed by atoms with E-state index in [4.69, 9.17) is 0 Å². The van der Waals surface area contributed by atoms with Crippen molar-refractivity contribution in [3.63, 3.8) is 0 Å². The molecule has 1 aromatic carbocycles. The van der Waals surface area contributed by atoms with Gasteiger partial charge in [0.1, 0.15) is 5.82 Å². The third-order valence-corrected chi connectivity index (χ3v) is 3.55. The Morgan fingerprint density at radius 3 is 2.74 bits per heavy atom. The van der Waals surface area contributed by atoms with Gasteiger partial charge in [-0.3, -0.25) is 4.79 Å². The van der Waals surface area contributed by atoms with Gasteiger partial charge in [-0.1, -0.05) is 6.07 Å². The van der Waals surface area contributed by atoms with E-state index in [9.17, 15) is 14.3 Å². The Bertz CT molecular complexity index is 467. The Morgan fingerprint density at radius 1 is 1.37 bits per heavy atom. The van der Waals surface area contributed by atoms with Crippen LogP contribution in [-0.4, -0.2) is 48.7 Å². The van der Waals surface area contributed by atoms with Gasteiger partial charge in [-0.25, -0.2) is 4.39 Å². The third kappa shape index (κ3) is 3.23. The molecule has 0 bridgehead atoms. The minimum Gasteiger partial charge on any atom is -0.481 e. The third-order valence-electron chi connectivity index (χ3n) is 3.55. The second-order valence-electron chi connectivity index (χ2n) is 5.24. The van der Waals surface area contributed by atoms with E-state index in [0.717, 1.165) is 12.2 Å². The molecule has 5 heteroatoms. The molecule has 1 aliphatic rings. The van der Waals surface area contributed by atoms with E-state index in [1.54, 1.807) is 6.07 Å². The molecular weight excluding hydrogens is 247 g/mol. The topological polar surface area (TPSA) is 43.8 Å². The van der Waals surface area contributed by atoms with Crippen molar-refractivity contribution >= 4 is 11.7 Å². The highest BCUT2D eigenvalue weighted by molar-refractivity contribution is 5.71. The number of carboxylic acids is 1. The van der Waals surface area contributed by atoms with Crippen LogP contribution in [-0.2, 0) is 4.79 Å². The van der Waals surface area contributed by atoms with Gasteiger partial charge >= 0.3 is 5.97 Å². The fourth-order valence-electron chi connectivity index (χ4n) is 2.65. The van der Waals surface area contributed by atoms with Gasteiger partial charge < -0.3 is 14.9 Å². The van der Waals surface area contributed by atoms with E-state index in [-0.39, 0.29) is 11.9 Å². The smallest absolute Gasteiger partial charge is 0.309 e. The summed E-state index contributed by atoms with van der Waals surface area (Å²) in [6.45, 7) is 3.72. The van der Waals surface area contributed by atoms with E-state index in [2.05, 4.69) is 0 Å². The number of hydrogen-bond acceptors (Lipinski definition) is 3. The maximum absolute atomic E-state index is 13.3. The lowest BCUT2D eigenvalue weighted by Gasteiger charge is -2.30. The Balaban J connectivity index is 2.28. The minimum atomic E-state index is -0.803. The van der Waals surface area contributed by atoms with Crippen molar-refractivity contribution in [2.45, 2.75) is 13.0 Å². The Kier molecular flexibility index (Phi) is 4.04. The Hall–Kier alpha value is -1.62. The molecule has 0 amide bonds. The average Bonchev–Trinajstić information content (AvgIpc) is 2.47. The molecule has 1 fully saturated rings. The van der Waals surface area contributed by atoms with Gasteiger partial charge in [-0.05, 0) is 32.2 Å². The summed E-state index contributed by atoms with van der Waals surface area (Å²) >= 11 is 0. The average molecular weight is 266 g/mol. The normalized spacial score (nSPS) is 25.1. The number of aliphatic carboxylic acids is 1. The molecular formula is C14H19FN2O2. The number of halogens is 1. The zero-order chi connectivity index (χ0) is 14.0. The molecule has 2 unspecified atom stereocenters. The summed E-state index contributed by atoms with van der Waals surface area (Å²) in [6.07, 6.45) is 0. The summed E-state index contributed by atoms with van der Waals surface area (Å²) in [7, 11) is 1.92. The van der Waals surface area contributed by atoms with Gasteiger partial charge in [0.2, 0.25) is 0 Å². The standard InChI is InChI=1S/C14H19FN2O2/c1-10-7-16(2)8-11(14(18)19)9-17(10)13-5-3-4-12(15)6-13/h3-6,10-11H,7-9H2,1-2H3,(H,18,19). The van der Waals surface area contributed by atoms with Crippen molar-refractivity contribution in [2.24, 2.45) is 5.92 Å². The summed E-state index contributed by atoms with van der Waals surface area (Å²) in [6, 6.07) is 6.48. The van der Waals surface area contributed by atoms with Crippen LogP contribution in [0.5, 0.6) is 0 Å². The highest BCUT2D eigenvalue weighted by atomic mass is 19.1. The predicted molar refractivity (Wildman–Crippen MR) is 71.8 cm³/mol. The molecule has 0 spiro atoms. The maximum atomic E-state index is 13.3. The molecule has 0 saturated carbocycles. The van der Waals surface area contributed by atoms with E-state index in [0.29, 0.717) is 13.1 Å². The van der Waals surface area contributed by atoms with Crippen LogP contribution in [0.4, 0.5) is 10.1 Å². The summed E-state index contributed by atoms with van der Waals surface area (Å²) in [5.74, 6) is -1.56. The van der Waals surface area contributed by atoms with Crippen molar-refractivity contribution in [2.75, 3.05) is 31.6 Å². The molecule has 1 saturated heterocycles. The van der Waals surface area contributed by atoms with E-state index in [1.807, 2.05) is 29.8 Å². The van der Waals surface area contributed by atoms with E-state index in [1.165, 1.54) is 12.1 Å². The van der Waals surface area contributed by atoms with Crippen LogP contribution in [0.1, 0.15) is 6.92 Å².